The molecule has 1 N–H and O–H groups in total. The van der Waals surface area contributed by atoms with Gasteiger partial charge in [-0.05, 0) is 39.3 Å². The van der Waals surface area contributed by atoms with Crippen molar-refractivity contribution in [3.8, 4) is 0 Å². The second-order valence-corrected chi connectivity index (χ2v) is 6.49. The van der Waals surface area contributed by atoms with Crippen molar-refractivity contribution in [3.63, 3.8) is 0 Å². The Hall–Kier alpha value is -1.95. The van der Waals surface area contributed by atoms with Gasteiger partial charge in [-0.2, -0.15) is 5.10 Å². The van der Waals surface area contributed by atoms with Crippen LogP contribution in [0.25, 0.3) is 10.2 Å². The molecule has 0 aliphatic carbocycles. The van der Waals surface area contributed by atoms with Gasteiger partial charge in [0, 0.05) is 17.6 Å². The third-order valence-corrected chi connectivity index (χ3v) is 4.81. The molecule has 0 radical (unpaired) electrons. The number of rotatable bonds is 3. The highest BCUT2D eigenvalue weighted by atomic mass is 32.1. The zero-order valence-corrected chi connectivity index (χ0v) is 13.8. The Bertz CT molecular complexity index is 815. The van der Waals surface area contributed by atoms with Crippen LogP contribution in [0.15, 0.2) is 6.07 Å². The molecule has 5 nitrogen and oxygen atoms in total. The summed E-state index contributed by atoms with van der Waals surface area (Å²) >= 11 is 1.72. The van der Waals surface area contributed by atoms with E-state index >= 15 is 0 Å². The van der Waals surface area contributed by atoms with Crippen molar-refractivity contribution in [2.24, 2.45) is 0 Å². The van der Waals surface area contributed by atoms with E-state index in [-0.39, 0.29) is 0 Å². The summed E-state index contributed by atoms with van der Waals surface area (Å²) in [6, 6.07) is 2.07. The number of aryl methyl sites for hydroxylation is 4. The lowest BCUT2D eigenvalue weighted by Crippen LogP contribution is -2.09. The molecule has 0 bridgehead atoms. The van der Waals surface area contributed by atoms with Gasteiger partial charge in [-0.3, -0.25) is 4.68 Å². The minimum Gasteiger partial charge on any atom is -0.372 e. The summed E-state index contributed by atoms with van der Waals surface area (Å²) in [6.07, 6.45) is 0. The minimum atomic E-state index is 0.598. The van der Waals surface area contributed by atoms with Crippen LogP contribution < -0.4 is 5.32 Å². The molecular weight excluding hydrogens is 282 g/mol. The summed E-state index contributed by atoms with van der Waals surface area (Å²) in [6.45, 7) is 8.90. The van der Waals surface area contributed by atoms with Crippen LogP contribution in [0, 0.1) is 27.7 Å². The topological polar surface area (TPSA) is 55.6 Å². The molecule has 0 fully saturated rings. The fourth-order valence-electron chi connectivity index (χ4n) is 2.51. The van der Waals surface area contributed by atoms with Crippen LogP contribution in [0.2, 0.25) is 0 Å². The fourth-order valence-corrected chi connectivity index (χ4v) is 3.56. The normalized spacial score (nSPS) is 11.3. The van der Waals surface area contributed by atoms with E-state index in [1.807, 2.05) is 18.7 Å². The first-order valence-corrected chi connectivity index (χ1v) is 7.76. The van der Waals surface area contributed by atoms with Gasteiger partial charge in [0.2, 0.25) is 0 Å². The third kappa shape index (κ3) is 2.40. The van der Waals surface area contributed by atoms with Crippen molar-refractivity contribution >= 4 is 27.4 Å². The molecule has 0 saturated carbocycles. The Morgan fingerprint density at radius 1 is 1.19 bits per heavy atom. The molecule has 0 unspecified atom stereocenters. The van der Waals surface area contributed by atoms with Crippen LogP contribution in [0.1, 0.15) is 27.7 Å². The zero-order chi connectivity index (χ0) is 15.1. The summed E-state index contributed by atoms with van der Waals surface area (Å²) in [5.74, 6) is 1.69. The van der Waals surface area contributed by atoms with Crippen molar-refractivity contribution < 1.29 is 0 Å². The average molecular weight is 301 g/mol. The van der Waals surface area contributed by atoms with Crippen LogP contribution in [0.3, 0.4) is 0 Å². The van der Waals surface area contributed by atoms with E-state index in [0.29, 0.717) is 6.54 Å². The van der Waals surface area contributed by atoms with Gasteiger partial charge in [0.15, 0.2) is 5.82 Å². The first kappa shape index (κ1) is 14.0. The third-order valence-electron chi connectivity index (χ3n) is 3.71. The number of hydrogen-bond acceptors (Lipinski definition) is 5. The molecule has 0 saturated heterocycles. The van der Waals surface area contributed by atoms with Gasteiger partial charge in [0.25, 0.3) is 0 Å². The number of thiophene rings is 1. The van der Waals surface area contributed by atoms with Gasteiger partial charge in [0.1, 0.15) is 17.2 Å². The quantitative estimate of drug-likeness (QED) is 0.807. The van der Waals surface area contributed by atoms with E-state index in [2.05, 4.69) is 42.2 Å². The van der Waals surface area contributed by atoms with Crippen LogP contribution >= 0.6 is 11.3 Å². The lowest BCUT2D eigenvalue weighted by atomic mass is 10.2. The predicted molar refractivity (Wildman–Crippen MR) is 87.2 cm³/mol. The van der Waals surface area contributed by atoms with Crippen molar-refractivity contribution in [1.82, 2.24) is 19.7 Å². The molecule has 110 valence electrons. The molecule has 0 amide bonds. The highest BCUT2D eigenvalue weighted by Gasteiger charge is 2.14. The van der Waals surface area contributed by atoms with Crippen LogP contribution in [-0.2, 0) is 6.54 Å². The first-order valence-electron chi connectivity index (χ1n) is 6.95. The summed E-state index contributed by atoms with van der Waals surface area (Å²) in [5.41, 5.74) is 3.41. The molecule has 21 heavy (non-hydrogen) atoms. The lowest BCUT2D eigenvalue weighted by molar-refractivity contribution is 0.635. The second-order valence-electron chi connectivity index (χ2n) is 5.29. The van der Waals surface area contributed by atoms with Crippen molar-refractivity contribution in [1.29, 1.82) is 0 Å². The summed E-state index contributed by atoms with van der Waals surface area (Å²) in [5, 5.41) is 8.82. The molecule has 3 aromatic heterocycles. The van der Waals surface area contributed by atoms with Gasteiger partial charge < -0.3 is 5.32 Å². The number of hydrogen-bond donors (Lipinski definition) is 1. The number of nitrogens with one attached hydrogen (secondary N) is 1. The van der Waals surface area contributed by atoms with E-state index in [9.17, 15) is 0 Å². The number of anilines is 1. The predicted octanol–water partition coefficient (Wildman–Crippen LogP) is 3.21. The van der Waals surface area contributed by atoms with Crippen molar-refractivity contribution in [3.05, 3.63) is 33.7 Å². The molecule has 0 aliphatic heterocycles. The SMILES string of the molecule is CNc1nc(Cn2nc(C)cc2C)nc2sc(C)c(C)c12. The highest BCUT2D eigenvalue weighted by molar-refractivity contribution is 7.18. The fraction of sp³-hybridized carbons (Fsp3) is 0.400. The molecule has 0 atom stereocenters. The summed E-state index contributed by atoms with van der Waals surface area (Å²) in [4.78, 5) is 11.7. The molecule has 3 rings (SSSR count). The molecule has 3 heterocycles. The number of fused-ring (bicyclic) bond motifs is 1. The Kier molecular flexibility index (Phi) is 3.41. The van der Waals surface area contributed by atoms with Crippen molar-refractivity contribution in [2.75, 3.05) is 12.4 Å². The maximum atomic E-state index is 4.72. The summed E-state index contributed by atoms with van der Waals surface area (Å²) < 4.78 is 1.95. The number of aromatic nitrogens is 4. The van der Waals surface area contributed by atoms with Gasteiger partial charge in [0.05, 0.1) is 11.1 Å². The van der Waals surface area contributed by atoms with Gasteiger partial charge in [-0.1, -0.05) is 0 Å². The van der Waals surface area contributed by atoms with E-state index < -0.39 is 0 Å². The Morgan fingerprint density at radius 3 is 2.57 bits per heavy atom. The van der Waals surface area contributed by atoms with E-state index in [0.717, 1.165) is 33.2 Å². The second kappa shape index (κ2) is 5.11. The zero-order valence-electron chi connectivity index (χ0n) is 13.0. The molecule has 0 aliphatic rings. The minimum absolute atomic E-state index is 0.598. The Labute approximate surface area is 128 Å². The van der Waals surface area contributed by atoms with Crippen LogP contribution in [-0.4, -0.2) is 26.8 Å². The monoisotopic (exact) mass is 301 g/mol. The molecule has 0 spiro atoms. The first-order chi connectivity index (χ1) is 9.99. The molecule has 3 aromatic rings. The Morgan fingerprint density at radius 2 is 1.95 bits per heavy atom. The van der Waals surface area contributed by atoms with Crippen LogP contribution in [0.5, 0.6) is 0 Å². The molecule has 0 aromatic carbocycles. The molecular formula is C15H19N5S. The van der Waals surface area contributed by atoms with Crippen molar-refractivity contribution in [2.45, 2.75) is 34.2 Å². The van der Waals surface area contributed by atoms with Gasteiger partial charge in [-0.25, -0.2) is 9.97 Å². The van der Waals surface area contributed by atoms with Crippen LogP contribution in [0.4, 0.5) is 5.82 Å². The lowest BCUT2D eigenvalue weighted by Gasteiger charge is -2.07. The molecule has 6 heteroatoms. The maximum Gasteiger partial charge on any atom is 0.153 e. The largest absolute Gasteiger partial charge is 0.372 e. The smallest absolute Gasteiger partial charge is 0.153 e. The van der Waals surface area contributed by atoms with E-state index in [1.54, 1.807) is 11.3 Å². The van der Waals surface area contributed by atoms with Gasteiger partial charge >= 0.3 is 0 Å². The standard InChI is InChI=1S/C15H19N5S/c1-8-6-9(2)20(19-8)7-12-17-14(16-5)13-10(3)11(4)21-15(13)18-12/h6H,7H2,1-5H3,(H,16,17,18). The van der Waals surface area contributed by atoms with Gasteiger partial charge in [-0.15, -0.1) is 11.3 Å². The average Bonchev–Trinajstić information content (AvgIpc) is 2.89. The van der Waals surface area contributed by atoms with E-state index in [1.165, 1.54) is 10.4 Å². The Balaban J connectivity index is 2.09. The highest BCUT2D eigenvalue weighted by Crippen LogP contribution is 2.33. The number of nitrogens with zero attached hydrogens (tertiary/aromatic N) is 4. The summed E-state index contributed by atoms with van der Waals surface area (Å²) in [7, 11) is 1.90. The maximum absolute atomic E-state index is 4.72. The van der Waals surface area contributed by atoms with E-state index in [4.69, 9.17) is 4.98 Å².